The molecule has 2 aromatic rings. The lowest BCUT2D eigenvalue weighted by Gasteiger charge is -2.22. The summed E-state index contributed by atoms with van der Waals surface area (Å²) in [6, 6.07) is 3.20. The van der Waals surface area contributed by atoms with E-state index >= 15 is 0 Å². The molecular weight excluding hydrogens is 264 g/mol. The molecule has 4 nitrogen and oxygen atoms in total. The van der Waals surface area contributed by atoms with Crippen molar-refractivity contribution in [3.05, 3.63) is 35.7 Å². The molecule has 0 saturated carbocycles. The molecule has 1 aliphatic rings. The van der Waals surface area contributed by atoms with Crippen LogP contribution in [0.25, 0.3) is 11.4 Å². The zero-order chi connectivity index (χ0) is 14.2. The molecule has 2 heterocycles. The van der Waals surface area contributed by atoms with Crippen LogP contribution >= 0.6 is 0 Å². The van der Waals surface area contributed by atoms with Gasteiger partial charge in [-0.25, -0.2) is 8.78 Å². The Morgan fingerprint density at radius 3 is 2.65 bits per heavy atom. The Labute approximate surface area is 115 Å². The van der Waals surface area contributed by atoms with Crippen molar-refractivity contribution in [2.24, 2.45) is 0 Å². The summed E-state index contributed by atoms with van der Waals surface area (Å²) in [6.07, 6.45) is 2.79. The molecule has 1 saturated heterocycles. The maximum Gasteiger partial charge on any atom is 0.247 e. The van der Waals surface area contributed by atoms with Crippen molar-refractivity contribution in [3.63, 3.8) is 0 Å². The van der Waals surface area contributed by atoms with Crippen LogP contribution in [0.4, 0.5) is 8.78 Å². The molecule has 6 heteroatoms. The van der Waals surface area contributed by atoms with E-state index in [1.165, 1.54) is 12.1 Å². The van der Waals surface area contributed by atoms with Crippen molar-refractivity contribution in [1.29, 1.82) is 0 Å². The van der Waals surface area contributed by atoms with E-state index in [9.17, 15) is 8.78 Å². The number of rotatable bonds is 3. The maximum atomic E-state index is 13.2. The minimum absolute atomic E-state index is 0.208. The van der Waals surface area contributed by atoms with E-state index in [0.717, 1.165) is 31.9 Å². The Kier molecular flexibility index (Phi) is 3.25. The summed E-state index contributed by atoms with van der Waals surface area (Å²) in [5, 5.41) is 7.23. The van der Waals surface area contributed by atoms with Crippen LogP contribution in [-0.2, 0) is 5.54 Å². The lowest BCUT2D eigenvalue weighted by Crippen LogP contribution is -2.36. The van der Waals surface area contributed by atoms with Gasteiger partial charge in [-0.1, -0.05) is 12.1 Å². The van der Waals surface area contributed by atoms with Gasteiger partial charge in [0.25, 0.3) is 0 Å². The molecule has 0 amide bonds. The minimum atomic E-state index is -0.657. The average molecular weight is 279 g/mol. The number of benzene rings is 1. The van der Waals surface area contributed by atoms with Crippen LogP contribution in [0, 0.1) is 11.6 Å². The van der Waals surface area contributed by atoms with Crippen LogP contribution in [0.3, 0.4) is 0 Å². The molecule has 20 heavy (non-hydrogen) atoms. The summed E-state index contributed by atoms with van der Waals surface area (Å²) in [4.78, 5) is 4.31. The Balaban J connectivity index is 1.97. The van der Waals surface area contributed by atoms with Crippen LogP contribution < -0.4 is 5.32 Å². The highest BCUT2D eigenvalue weighted by molar-refractivity contribution is 5.54. The Morgan fingerprint density at radius 2 is 2.05 bits per heavy atom. The number of nitrogens with zero attached hydrogens (tertiary/aromatic N) is 2. The average Bonchev–Trinajstić information content (AvgIpc) is 3.07. The largest absolute Gasteiger partial charge is 0.337 e. The molecule has 3 rings (SSSR count). The van der Waals surface area contributed by atoms with Crippen LogP contribution in [0.1, 0.15) is 32.1 Å². The van der Waals surface area contributed by atoms with Gasteiger partial charge >= 0.3 is 0 Å². The predicted molar refractivity (Wildman–Crippen MR) is 68.9 cm³/mol. The highest BCUT2D eigenvalue weighted by Crippen LogP contribution is 2.33. The normalized spacial score (nSPS) is 22.4. The highest BCUT2D eigenvalue weighted by atomic mass is 19.1. The van der Waals surface area contributed by atoms with E-state index in [1.807, 2.05) is 6.92 Å². The topological polar surface area (TPSA) is 51.0 Å². The zero-order valence-electron chi connectivity index (χ0n) is 11.1. The molecule has 0 bridgehead atoms. The van der Waals surface area contributed by atoms with Crippen molar-refractivity contribution in [1.82, 2.24) is 15.5 Å². The van der Waals surface area contributed by atoms with Crippen molar-refractivity contribution >= 4 is 0 Å². The molecular formula is C14H15F2N3O. The summed E-state index contributed by atoms with van der Waals surface area (Å²) in [5.41, 5.74) is -0.0290. The highest BCUT2D eigenvalue weighted by Gasteiger charge is 2.38. The first-order valence-corrected chi connectivity index (χ1v) is 6.69. The first-order valence-electron chi connectivity index (χ1n) is 6.69. The number of nitrogens with one attached hydrogen (secondary N) is 1. The molecule has 1 N–H and O–H groups in total. The summed E-state index contributed by atoms with van der Waals surface area (Å²) >= 11 is 0. The second-order valence-corrected chi connectivity index (χ2v) is 5.05. The quantitative estimate of drug-likeness (QED) is 0.938. The molecule has 0 spiro atoms. The van der Waals surface area contributed by atoms with Gasteiger partial charge in [0, 0.05) is 11.6 Å². The fourth-order valence-corrected chi connectivity index (χ4v) is 2.66. The molecule has 106 valence electrons. The van der Waals surface area contributed by atoms with Crippen molar-refractivity contribution in [3.8, 4) is 11.4 Å². The maximum absolute atomic E-state index is 13.2. The summed E-state index contributed by atoms with van der Waals surface area (Å²) < 4.78 is 31.8. The van der Waals surface area contributed by atoms with E-state index in [0.29, 0.717) is 5.89 Å². The third-order valence-corrected chi connectivity index (χ3v) is 3.80. The van der Waals surface area contributed by atoms with Gasteiger partial charge in [-0.15, -0.1) is 0 Å². The van der Waals surface area contributed by atoms with E-state index in [4.69, 9.17) is 4.52 Å². The minimum Gasteiger partial charge on any atom is -0.337 e. The van der Waals surface area contributed by atoms with Crippen LogP contribution in [0.5, 0.6) is 0 Å². The molecule has 1 fully saturated rings. The molecule has 1 aliphatic heterocycles. The molecule has 1 aromatic carbocycles. The van der Waals surface area contributed by atoms with Gasteiger partial charge in [-0.05, 0) is 37.9 Å². The van der Waals surface area contributed by atoms with Crippen molar-refractivity contribution in [2.45, 2.75) is 31.7 Å². The SMILES string of the molecule is CCC1(c2nc(-c3cc(F)cc(F)c3)no2)CCCN1. The van der Waals surface area contributed by atoms with Gasteiger partial charge in [0.05, 0.1) is 5.54 Å². The van der Waals surface area contributed by atoms with Crippen LogP contribution in [0.15, 0.2) is 22.7 Å². The van der Waals surface area contributed by atoms with Gasteiger partial charge in [-0.3, -0.25) is 0 Å². The summed E-state index contributed by atoms with van der Waals surface area (Å²) in [7, 11) is 0. The molecule has 1 aromatic heterocycles. The first-order chi connectivity index (χ1) is 9.63. The molecule has 1 unspecified atom stereocenters. The first kappa shape index (κ1) is 13.2. The monoisotopic (exact) mass is 279 g/mol. The summed E-state index contributed by atoms with van der Waals surface area (Å²) in [6.45, 7) is 2.95. The van der Waals surface area contributed by atoms with Gasteiger partial charge < -0.3 is 9.84 Å². The lowest BCUT2D eigenvalue weighted by molar-refractivity contribution is 0.250. The standard InChI is InChI=1S/C14H15F2N3O/c1-2-14(4-3-5-17-14)13-18-12(19-20-13)9-6-10(15)8-11(16)7-9/h6-8,17H,2-5H2,1H3. The third kappa shape index (κ3) is 2.20. The fraction of sp³-hybridized carbons (Fsp3) is 0.429. The lowest BCUT2D eigenvalue weighted by atomic mass is 9.94. The Hall–Kier alpha value is -1.82. The van der Waals surface area contributed by atoms with Gasteiger partial charge in [0.15, 0.2) is 0 Å². The van der Waals surface area contributed by atoms with Crippen LogP contribution in [0.2, 0.25) is 0 Å². The van der Waals surface area contributed by atoms with E-state index < -0.39 is 11.6 Å². The molecule has 0 aliphatic carbocycles. The predicted octanol–water partition coefficient (Wildman–Crippen LogP) is 3.00. The van der Waals surface area contributed by atoms with Crippen molar-refractivity contribution < 1.29 is 13.3 Å². The molecule has 0 radical (unpaired) electrons. The number of hydrogen-bond donors (Lipinski definition) is 1. The van der Waals surface area contributed by atoms with E-state index in [-0.39, 0.29) is 16.9 Å². The second kappa shape index (κ2) is 4.94. The third-order valence-electron chi connectivity index (χ3n) is 3.80. The van der Waals surface area contributed by atoms with E-state index in [2.05, 4.69) is 15.5 Å². The van der Waals surface area contributed by atoms with Crippen molar-refractivity contribution in [2.75, 3.05) is 6.54 Å². The second-order valence-electron chi connectivity index (χ2n) is 5.05. The fourth-order valence-electron chi connectivity index (χ4n) is 2.66. The number of halogens is 2. The molecule has 1 atom stereocenters. The smallest absolute Gasteiger partial charge is 0.247 e. The van der Waals surface area contributed by atoms with Gasteiger partial charge in [0.1, 0.15) is 11.6 Å². The summed E-state index contributed by atoms with van der Waals surface area (Å²) in [5.74, 6) is -0.622. The van der Waals surface area contributed by atoms with Crippen LogP contribution in [-0.4, -0.2) is 16.7 Å². The van der Waals surface area contributed by atoms with E-state index in [1.54, 1.807) is 0 Å². The zero-order valence-corrected chi connectivity index (χ0v) is 11.1. The number of hydrogen-bond acceptors (Lipinski definition) is 4. The Morgan fingerprint density at radius 1 is 1.30 bits per heavy atom. The number of aromatic nitrogens is 2. The van der Waals surface area contributed by atoms with Gasteiger partial charge in [0.2, 0.25) is 11.7 Å². The van der Waals surface area contributed by atoms with Gasteiger partial charge in [-0.2, -0.15) is 4.98 Å². The Bertz CT molecular complexity index is 600.